The Morgan fingerprint density at radius 2 is 1.70 bits per heavy atom. The van der Waals surface area contributed by atoms with E-state index in [0.29, 0.717) is 10.8 Å². The van der Waals surface area contributed by atoms with Crippen molar-refractivity contribution in [3.63, 3.8) is 0 Å². The molecule has 0 saturated carbocycles. The second-order valence-electron chi connectivity index (χ2n) is 6.29. The molecule has 0 saturated heterocycles. The van der Waals surface area contributed by atoms with E-state index >= 15 is 0 Å². The van der Waals surface area contributed by atoms with Crippen LogP contribution in [-0.2, 0) is 6.42 Å². The molecule has 0 aliphatic carbocycles. The average molecular weight is 289 g/mol. The van der Waals surface area contributed by atoms with E-state index in [1.165, 1.54) is 11.1 Å². The molecule has 0 bridgehead atoms. The van der Waals surface area contributed by atoms with Crippen LogP contribution in [0.5, 0.6) is 5.75 Å². The minimum absolute atomic E-state index is 0.288. The first-order chi connectivity index (χ1) is 9.39. The van der Waals surface area contributed by atoms with E-state index in [0.717, 1.165) is 12.0 Å². The number of hydrogen-bond donors (Lipinski definition) is 0. The number of benzene rings is 2. The zero-order chi connectivity index (χ0) is 14.8. The lowest BCUT2D eigenvalue weighted by Crippen LogP contribution is -2.08. The largest absolute Gasteiger partial charge is 0.495 e. The number of ether oxygens (including phenoxy) is 1. The summed E-state index contributed by atoms with van der Waals surface area (Å²) in [5.41, 5.74) is 3.95. The van der Waals surface area contributed by atoms with Gasteiger partial charge < -0.3 is 4.74 Å². The third kappa shape index (κ3) is 3.77. The Labute approximate surface area is 126 Å². The molecule has 0 N–H and O–H groups in total. The molecule has 0 amide bonds. The normalized spacial score (nSPS) is 11.4. The highest BCUT2D eigenvalue weighted by Gasteiger charge is 2.12. The quantitative estimate of drug-likeness (QED) is 0.714. The third-order valence-corrected chi connectivity index (χ3v) is 3.44. The summed E-state index contributed by atoms with van der Waals surface area (Å²) in [6.07, 6.45) is 1.06. The molecule has 106 valence electrons. The fourth-order valence-electron chi connectivity index (χ4n) is 2.32. The van der Waals surface area contributed by atoms with E-state index in [1.807, 2.05) is 18.2 Å². The first kappa shape index (κ1) is 14.9. The van der Waals surface area contributed by atoms with Crippen molar-refractivity contribution >= 4 is 11.6 Å². The SMILES string of the molecule is COc1ccc(-c2cccc(CC(C)(C)C)c2)cc1Cl. The van der Waals surface area contributed by atoms with Crippen LogP contribution in [0.1, 0.15) is 26.3 Å². The zero-order valence-electron chi connectivity index (χ0n) is 12.5. The first-order valence-corrected chi connectivity index (χ1v) is 7.20. The minimum atomic E-state index is 0.288. The van der Waals surface area contributed by atoms with Crippen LogP contribution in [0.4, 0.5) is 0 Å². The van der Waals surface area contributed by atoms with E-state index in [1.54, 1.807) is 7.11 Å². The molecular formula is C18H21ClO. The molecule has 0 fully saturated rings. The van der Waals surface area contributed by atoms with Gasteiger partial charge in [-0.3, -0.25) is 0 Å². The van der Waals surface area contributed by atoms with Crippen molar-refractivity contribution in [1.82, 2.24) is 0 Å². The molecule has 20 heavy (non-hydrogen) atoms. The summed E-state index contributed by atoms with van der Waals surface area (Å²) < 4.78 is 5.19. The second kappa shape index (κ2) is 5.88. The molecule has 2 aromatic rings. The number of halogens is 1. The van der Waals surface area contributed by atoms with Crippen LogP contribution < -0.4 is 4.74 Å². The van der Waals surface area contributed by atoms with Crippen molar-refractivity contribution < 1.29 is 4.74 Å². The molecule has 0 aliphatic heterocycles. The van der Waals surface area contributed by atoms with Gasteiger partial charge in [0.15, 0.2) is 0 Å². The van der Waals surface area contributed by atoms with Gasteiger partial charge in [0.1, 0.15) is 5.75 Å². The van der Waals surface area contributed by atoms with E-state index in [9.17, 15) is 0 Å². The standard InChI is InChI=1S/C18H21ClO/c1-18(2,3)12-13-6-5-7-14(10-13)15-8-9-17(20-4)16(19)11-15/h5-11H,12H2,1-4H3. The lowest BCUT2D eigenvalue weighted by molar-refractivity contribution is 0.411. The lowest BCUT2D eigenvalue weighted by atomic mass is 9.87. The molecule has 2 heteroatoms. The average Bonchev–Trinajstić information content (AvgIpc) is 2.37. The Kier molecular flexibility index (Phi) is 4.39. The van der Waals surface area contributed by atoms with Crippen molar-refractivity contribution in [3.8, 4) is 16.9 Å². The zero-order valence-corrected chi connectivity index (χ0v) is 13.3. The van der Waals surface area contributed by atoms with Gasteiger partial charge in [-0.2, -0.15) is 0 Å². The fourth-order valence-corrected chi connectivity index (χ4v) is 2.58. The Morgan fingerprint density at radius 3 is 2.30 bits per heavy atom. The van der Waals surface area contributed by atoms with Crippen molar-refractivity contribution in [2.75, 3.05) is 7.11 Å². The predicted molar refractivity (Wildman–Crippen MR) is 86.6 cm³/mol. The van der Waals surface area contributed by atoms with Gasteiger partial charge in [0, 0.05) is 0 Å². The van der Waals surface area contributed by atoms with Gasteiger partial charge in [-0.05, 0) is 40.7 Å². The highest BCUT2D eigenvalue weighted by atomic mass is 35.5. The summed E-state index contributed by atoms with van der Waals surface area (Å²) in [4.78, 5) is 0. The van der Waals surface area contributed by atoms with Gasteiger partial charge in [0.2, 0.25) is 0 Å². The van der Waals surface area contributed by atoms with E-state index in [4.69, 9.17) is 16.3 Å². The predicted octanol–water partition coefficient (Wildman–Crippen LogP) is 5.60. The Balaban J connectivity index is 2.33. The summed E-state index contributed by atoms with van der Waals surface area (Å²) >= 11 is 6.20. The Morgan fingerprint density at radius 1 is 1.00 bits per heavy atom. The van der Waals surface area contributed by atoms with E-state index < -0.39 is 0 Å². The molecule has 0 spiro atoms. The molecule has 0 aromatic heterocycles. The van der Waals surface area contributed by atoms with E-state index in [-0.39, 0.29) is 5.41 Å². The van der Waals surface area contributed by atoms with Gasteiger partial charge in [-0.25, -0.2) is 0 Å². The maximum Gasteiger partial charge on any atom is 0.137 e. The molecule has 0 atom stereocenters. The third-order valence-electron chi connectivity index (χ3n) is 3.15. The van der Waals surface area contributed by atoms with Crippen LogP contribution in [-0.4, -0.2) is 7.11 Å². The van der Waals surface area contributed by atoms with Crippen LogP contribution in [0.3, 0.4) is 0 Å². The second-order valence-corrected chi connectivity index (χ2v) is 6.69. The Hall–Kier alpha value is -1.47. The summed E-state index contributed by atoms with van der Waals surface area (Å²) in [5.74, 6) is 0.710. The fraction of sp³-hybridized carbons (Fsp3) is 0.333. The highest BCUT2D eigenvalue weighted by molar-refractivity contribution is 6.32. The summed E-state index contributed by atoms with van der Waals surface area (Å²) in [6, 6.07) is 14.5. The summed E-state index contributed by atoms with van der Waals surface area (Å²) in [6.45, 7) is 6.76. The lowest BCUT2D eigenvalue weighted by Gasteiger charge is -2.18. The van der Waals surface area contributed by atoms with Gasteiger partial charge in [0.25, 0.3) is 0 Å². The smallest absolute Gasteiger partial charge is 0.137 e. The number of hydrogen-bond acceptors (Lipinski definition) is 1. The van der Waals surface area contributed by atoms with Crippen LogP contribution in [0.2, 0.25) is 5.02 Å². The topological polar surface area (TPSA) is 9.23 Å². The van der Waals surface area contributed by atoms with E-state index in [2.05, 4.69) is 45.0 Å². The van der Waals surface area contributed by atoms with Gasteiger partial charge in [-0.1, -0.05) is 62.7 Å². The molecule has 0 unspecified atom stereocenters. The van der Waals surface area contributed by atoms with Gasteiger partial charge in [0.05, 0.1) is 12.1 Å². The van der Waals surface area contributed by atoms with Crippen LogP contribution in [0.15, 0.2) is 42.5 Å². The van der Waals surface area contributed by atoms with Crippen molar-refractivity contribution in [2.45, 2.75) is 27.2 Å². The molecule has 0 radical (unpaired) electrons. The van der Waals surface area contributed by atoms with Gasteiger partial charge >= 0.3 is 0 Å². The van der Waals surface area contributed by atoms with Crippen molar-refractivity contribution in [2.24, 2.45) is 5.41 Å². The monoisotopic (exact) mass is 288 g/mol. The number of rotatable bonds is 3. The molecule has 1 nitrogen and oxygen atoms in total. The summed E-state index contributed by atoms with van der Waals surface area (Å²) in [5, 5.41) is 0.645. The molecular weight excluding hydrogens is 268 g/mol. The van der Waals surface area contributed by atoms with Crippen molar-refractivity contribution in [3.05, 3.63) is 53.1 Å². The first-order valence-electron chi connectivity index (χ1n) is 6.82. The van der Waals surface area contributed by atoms with Crippen LogP contribution in [0.25, 0.3) is 11.1 Å². The van der Waals surface area contributed by atoms with Crippen LogP contribution in [0, 0.1) is 5.41 Å². The Bertz CT molecular complexity index is 597. The molecule has 2 rings (SSSR count). The molecule has 0 aliphatic rings. The maximum absolute atomic E-state index is 6.20. The van der Waals surface area contributed by atoms with Gasteiger partial charge in [-0.15, -0.1) is 0 Å². The number of methoxy groups -OCH3 is 1. The molecule has 2 aromatic carbocycles. The summed E-state index contributed by atoms with van der Waals surface area (Å²) in [7, 11) is 1.63. The van der Waals surface area contributed by atoms with Crippen LogP contribution >= 0.6 is 11.6 Å². The highest BCUT2D eigenvalue weighted by Crippen LogP contribution is 2.31. The van der Waals surface area contributed by atoms with Crippen molar-refractivity contribution in [1.29, 1.82) is 0 Å². The maximum atomic E-state index is 6.20. The molecule has 0 heterocycles. The minimum Gasteiger partial charge on any atom is -0.495 e.